The molecule has 1 aliphatic rings. The quantitative estimate of drug-likeness (QED) is 0.896. The highest BCUT2D eigenvalue weighted by molar-refractivity contribution is 7.99. The molecule has 1 unspecified atom stereocenters. The van der Waals surface area contributed by atoms with E-state index < -0.39 is 0 Å². The lowest BCUT2D eigenvalue weighted by Gasteiger charge is -2.22. The standard InChI is InChI=1S/C12H19N3OS/c1-8(2)9-6-11(13-3)15-12(14-9)10-7-17-5-4-16-10/h6,8,10H,4-5,7H2,1-3H3,(H,13,14,15). The number of ether oxygens (including phenoxy) is 1. The van der Waals surface area contributed by atoms with Crippen LogP contribution in [0.25, 0.3) is 0 Å². The Labute approximate surface area is 107 Å². The molecule has 2 heterocycles. The van der Waals surface area contributed by atoms with E-state index in [1.807, 2.05) is 24.9 Å². The summed E-state index contributed by atoms with van der Waals surface area (Å²) in [5.41, 5.74) is 1.07. The third kappa shape index (κ3) is 3.10. The van der Waals surface area contributed by atoms with E-state index in [1.54, 1.807) is 0 Å². The molecule has 17 heavy (non-hydrogen) atoms. The highest BCUT2D eigenvalue weighted by Crippen LogP contribution is 2.26. The Hall–Kier alpha value is -0.810. The molecule has 1 fully saturated rings. The number of nitrogens with zero attached hydrogens (tertiary/aromatic N) is 2. The number of hydrogen-bond acceptors (Lipinski definition) is 5. The van der Waals surface area contributed by atoms with Crippen molar-refractivity contribution in [2.75, 3.05) is 30.5 Å². The molecule has 94 valence electrons. The van der Waals surface area contributed by atoms with Crippen LogP contribution < -0.4 is 5.32 Å². The summed E-state index contributed by atoms with van der Waals surface area (Å²) in [5, 5.41) is 3.09. The molecule has 4 nitrogen and oxygen atoms in total. The molecule has 1 saturated heterocycles. The lowest BCUT2D eigenvalue weighted by molar-refractivity contribution is 0.0693. The SMILES string of the molecule is CNc1cc(C(C)C)nc(C2CSCCO2)n1. The minimum absolute atomic E-state index is 0.0413. The average molecular weight is 253 g/mol. The smallest absolute Gasteiger partial charge is 0.160 e. The van der Waals surface area contributed by atoms with Gasteiger partial charge in [-0.1, -0.05) is 13.8 Å². The van der Waals surface area contributed by atoms with E-state index in [0.29, 0.717) is 5.92 Å². The lowest BCUT2D eigenvalue weighted by Crippen LogP contribution is -2.19. The van der Waals surface area contributed by atoms with Crippen molar-refractivity contribution in [2.24, 2.45) is 0 Å². The van der Waals surface area contributed by atoms with Gasteiger partial charge < -0.3 is 10.1 Å². The van der Waals surface area contributed by atoms with Crippen LogP contribution in [0.2, 0.25) is 0 Å². The average Bonchev–Trinajstić information content (AvgIpc) is 2.39. The molecule has 0 bridgehead atoms. The van der Waals surface area contributed by atoms with Gasteiger partial charge in [0.2, 0.25) is 0 Å². The fourth-order valence-electron chi connectivity index (χ4n) is 1.69. The van der Waals surface area contributed by atoms with Crippen molar-refractivity contribution in [2.45, 2.75) is 25.9 Å². The van der Waals surface area contributed by atoms with Gasteiger partial charge in [0.05, 0.1) is 6.61 Å². The molecule has 1 aromatic rings. The van der Waals surface area contributed by atoms with E-state index in [0.717, 1.165) is 35.4 Å². The maximum atomic E-state index is 5.72. The van der Waals surface area contributed by atoms with Crippen LogP contribution >= 0.6 is 11.8 Å². The van der Waals surface area contributed by atoms with Crippen molar-refractivity contribution in [1.29, 1.82) is 0 Å². The Bertz CT molecular complexity index is 378. The van der Waals surface area contributed by atoms with Crippen LogP contribution in [-0.4, -0.2) is 35.1 Å². The number of rotatable bonds is 3. The van der Waals surface area contributed by atoms with E-state index in [-0.39, 0.29) is 6.10 Å². The molecule has 5 heteroatoms. The van der Waals surface area contributed by atoms with Crippen LogP contribution in [0.1, 0.15) is 37.4 Å². The number of anilines is 1. The van der Waals surface area contributed by atoms with Gasteiger partial charge in [0.15, 0.2) is 5.82 Å². The summed E-state index contributed by atoms with van der Waals surface area (Å²) in [4.78, 5) is 9.11. The fourth-order valence-corrected chi connectivity index (χ4v) is 2.53. The first-order valence-electron chi connectivity index (χ1n) is 5.96. The monoisotopic (exact) mass is 253 g/mol. The topological polar surface area (TPSA) is 47.0 Å². The van der Waals surface area contributed by atoms with Gasteiger partial charge in [0.1, 0.15) is 11.9 Å². The van der Waals surface area contributed by atoms with Gasteiger partial charge in [-0.3, -0.25) is 0 Å². The predicted octanol–water partition coefficient (Wildman–Crippen LogP) is 2.45. The van der Waals surface area contributed by atoms with Gasteiger partial charge in [-0.05, 0) is 5.92 Å². The molecule has 1 aromatic heterocycles. The van der Waals surface area contributed by atoms with Gasteiger partial charge in [0, 0.05) is 30.3 Å². The molecule has 0 amide bonds. The van der Waals surface area contributed by atoms with Crippen LogP contribution in [0.3, 0.4) is 0 Å². The second kappa shape index (κ2) is 5.69. The van der Waals surface area contributed by atoms with Crippen molar-refractivity contribution in [1.82, 2.24) is 9.97 Å². The van der Waals surface area contributed by atoms with Crippen LogP contribution in [0.15, 0.2) is 6.07 Å². The summed E-state index contributed by atoms with van der Waals surface area (Å²) < 4.78 is 5.72. The molecule has 2 rings (SSSR count). The lowest BCUT2D eigenvalue weighted by atomic mass is 10.1. The van der Waals surface area contributed by atoms with Crippen molar-refractivity contribution in [3.05, 3.63) is 17.6 Å². The van der Waals surface area contributed by atoms with Gasteiger partial charge in [-0.2, -0.15) is 11.8 Å². The highest BCUT2D eigenvalue weighted by atomic mass is 32.2. The Balaban J connectivity index is 2.28. The van der Waals surface area contributed by atoms with Crippen molar-refractivity contribution in [3.8, 4) is 0 Å². The highest BCUT2D eigenvalue weighted by Gasteiger charge is 2.20. The maximum absolute atomic E-state index is 5.72. The van der Waals surface area contributed by atoms with Crippen molar-refractivity contribution >= 4 is 17.6 Å². The predicted molar refractivity (Wildman–Crippen MR) is 71.7 cm³/mol. The van der Waals surface area contributed by atoms with Gasteiger partial charge in [-0.15, -0.1) is 0 Å². The fraction of sp³-hybridized carbons (Fsp3) is 0.667. The molecule has 1 N–H and O–H groups in total. The molecule has 1 atom stereocenters. The Morgan fingerprint density at radius 3 is 2.88 bits per heavy atom. The third-order valence-electron chi connectivity index (χ3n) is 2.71. The van der Waals surface area contributed by atoms with Crippen LogP contribution in [0, 0.1) is 0 Å². The summed E-state index contributed by atoms with van der Waals surface area (Å²) in [5.74, 6) is 4.11. The van der Waals surface area contributed by atoms with Crippen LogP contribution in [0.4, 0.5) is 5.82 Å². The molecule has 0 saturated carbocycles. The Morgan fingerprint density at radius 1 is 1.47 bits per heavy atom. The molecule has 0 radical (unpaired) electrons. The van der Waals surface area contributed by atoms with E-state index in [4.69, 9.17) is 4.74 Å². The van der Waals surface area contributed by atoms with Gasteiger partial charge in [0.25, 0.3) is 0 Å². The largest absolute Gasteiger partial charge is 0.373 e. The van der Waals surface area contributed by atoms with E-state index in [9.17, 15) is 0 Å². The minimum atomic E-state index is 0.0413. The number of hydrogen-bond donors (Lipinski definition) is 1. The molecular weight excluding hydrogens is 234 g/mol. The zero-order valence-corrected chi connectivity index (χ0v) is 11.4. The Morgan fingerprint density at radius 2 is 2.29 bits per heavy atom. The van der Waals surface area contributed by atoms with E-state index in [2.05, 4.69) is 29.1 Å². The number of aromatic nitrogens is 2. The second-order valence-corrected chi connectivity index (χ2v) is 5.53. The molecule has 1 aliphatic heterocycles. The van der Waals surface area contributed by atoms with E-state index in [1.165, 1.54) is 0 Å². The van der Waals surface area contributed by atoms with Gasteiger partial charge in [-0.25, -0.2) is 9.97 Å². The number of thioether (sulfide) groups is 1. The van der Waals surface area contributed by atoms with E-state index >= 15 is 0 Å². The first-order valence-corrected chi connectivity index (χ1v) is 7.12. The second-order valence-electron chi connectivity index (χ2n) is 4.38. The first-order chi connectivity index (χ1) is 8.20. The number of nitrogens with one attached hydrogen (secondary N) is 1. The van der Waals surface area contributed by atoms with Crippen molar-refractivity contribution < 1.29 is 4.74 Å². The Kier molecular flexibility index (Phi) is 4.23. The zero-order chi connectivity index (χ0) is 12.3. The summed E-state index contributed by atoms with van der Waals surface area (Å²) in [7, 11) is 1.88. The summed E-state index contributed by atoms with van der Waals surface area (Å²) in [6, 6.07) is 2.00. The van der Waals surface area contributed by atoms with Gasteiger partial charge >= 0.3 is 0 Å². The third-order valence-corrected chi connectivity index (χ3v) is 3.71. The molecular formula is C12H19N3OS. The summed E-state index contributed by atoms with van der Waals surface area (Å²) in [6.45, 7) is 5.07. The van der Waals surface area contributed by atoms with Crippen LogP contribution in [0.5, 0.6) is 0 Å². The maximum Gasteiger partial charge on any atom is 0.160 e. The zero-order valence-electron chi connectivity index (χ0n) is 10.6. The molecule has 0 aliphatic carbocycles. The summed E-state index contributed by atoms with van der Waals surface area (Å²) in [6.07, 6.45) is 0.0413. The molecule has 0 spiro atoms. The first kappa shape index (κ1) is 12.6. The summed E-state index contributed by atoms with van der Waals surface area (Å²) >= 11 is 1.90. The minimum Gasteiger partial charge on any atom is -0.373 e. The van der Waals surface area contributed by atoms with Crippen molar-refractivity contribution in [3.63, 3.8) is 0 Å². The molecule has 0 aromatic carbocycles. The van der Waals surface area contributed by atoms with Crippen LogP contribution in [-0.2, 0) is 4.74 Å². The normalized spacial score (nSPS) is 20.6.